The molecule has 0 amide bonds. The molecule has 6 heteroatoms. The molecule has 1 aromatic heterocycles. The van der Waals surface area contributed by atoms with E-state index in [-0.39, 0.29) is 17.5 Å². The van der Waals surface area contributed by atoms with Crippen LogP contribution >= 0.6 is 11.3 Å². The number of hydrogen-bond acceptors (Lipinski definition) is 5. The number of benzene rings is 1. The van der Waals surface area contributed by atoms with Gasteiger partial charge in [-0.3, -0.25) is 0 Å². The van der Waals surface area contributed by atoms with Crippen LogP contribution in [-0.4, -0.2) is 26.2 Å². The smallest absolute Gasteiger partial charge is 0.215 e. The monoisotopic (exact) mass is 297 g/mol. The molecule has 0 bridgehead atoms. The molecule has 0 aliphatic rings. The number of nitrogens with two attached hydrogens (primary N) is 1. The van der Waals surface area contributed by atoms with Crippen LogP contribution in [0.4, 0.5) is 0 Å². The summed E-state index contributed by atoms with van der Waals surface area (Å²) in [5.41, 5.74) is 6.55. The Morgan fingerprint density at radius 2 is 1.89 bits per heavy atom. The first-order chi connectivity index (χ1) is 9.04. The molecule has 0 fully saturated rings. The van der Waals surface area contributed by atoms with E-state index < -0.39 is 9.84 Å². The molecular formula is C13H15NO3S2. The van der Waals surface area contributed by atoms with E-state index >= 15 is 0 Å². The lowest BCUT2D eigenvalue weighted by Gasteiger charge is -2.08. The average molecular weight is 297 g/mol. The van der Waals surface area contributed by atoms with Gasteiger partial charge in [0.15, 0.2) is 0 Å². The lowest BCUT2D eigenvalue weighted by atomic mass is 10.1. The Labute approximate surface area is 116 Å². The highest BCUT2D eigenvalue weighted by molar-refractivity contribution is 7.93. The molecule has 0 unspecified atom stereocenters. The SMILES string of the molecule is N[C@H](CO)Cc1ccc(S(=O)(=O)c2cccs2)cc1. The highest BCUT2D eigenvalue weighted by atomic mass is 32.2. The predicted molar refractivity (Wildman–Crippen MR) is 75.0 cm³/mol. The van der Waals surface area contributed by atoms with E-state index in [1.807, 2.05) is 0 Å². The number of hydrogen-bond donors (Lipinski definition) is 2. The Hall–Kier alpha value is -1.21. The minimum atomic E-state index is -3.41. The molecule has 1 aromatic carbocycles. The molecule has 0 aliphatic heterocycles. The summed E-state index contributed by atoms with van der Waals surface area (Å²) in [6.07, 6.45) is 0.524. The molecule has 0 saturated heterocycles. The number of aliphatic hydroxyl groups is 1. The first-order valence-electron chi connectivity index (χ1n) is 5.78. The van der Waals surface area contributed by atoms with E-state index in [1.54, 1.807) is 41.8 Å². The van der Waals surface area contributed by atoms with E-state index in [9.17, 15) is 8.42 Å². The summed E-state index contributed by atoms with van der Waals surface area (Å²) in [6, 6.07) is 9.61. The zero-order chi connectivity index (χ0) is 13.9. The number of sulfone groups is 1. The van der Waals surface area contributed by atoms with Gasteiger partial charge in [0.2, 0.25) is 9.84 Å². The van der Waals surface area contributed by atoms with Gasteiger partial charge in [0.05, 0.1) is 11.5 Å². The second kappa shape index (κ2) is 5.83. The summed E-state index contributed by atoms with van der Waals surface area (Å²) >= 11 is 1.20. The van der Waals surface area contributed by atoms with Crippen molar-refractivity contribution in [3.63, 3.8) is 0 Å². The number of aliphatic hydroxyl groups excluding tert-OH is 1. The van der Waals surface area contributed by atoms with Crippen molar-refractivity contribution in [2.24, 2.45) is 5.73 Å². The van der Waals surface area contributed by atoms with Crippen LogP contribution in [0, 0.1) is 0 Å². The van der Waals surface area contributed by atoms with Crippen molar-refractivity contribution in [1.29, 1.82) is 0 Å². The summed E-state index contributed by atoms with van der Waals surface area (Å²) in [6.45, 7) is -0.0881. The van der Waals surface area contributed by atoms with Crippen molar-refractivity contribution >= 4 is 21.2 Å². The third-order valence-electron chi connectivity index (χ3n) is 2.73. The highest BCUT2D eigenvalue weighted by Gasteiger charge is 2.18. The molecule has 0 spiro atoms. The minimum Gasteiger partial charge on any atom is -0.395 e. The van der Waals surface area contributed by atoms with Gasteiger partial charge in [-0.05, 0) is 35.6 Å². The van der Waals surface area contributed by atoms with Crippen molar-refractivity contribution in [3.8, 4) is 0 Å². The van der Waals surface area contributed by atoms with Crippen molar-refractivity contribution in [3.05, 3.63) is 47.3 Å². The molecule has 2 rings (SSSR count). The minimum absolute atomic E-state index is 0.0881. The Morgan fingerprint density at radius 1 is 1.21 bits per heavy atom. The third-order valence-corrected chi connectivity index (χ3v) is 5.89. The first-order valence-corrected chi connectivity index (χ1v) is 8.14. The normalized spacial score (nSPS) is 13.4. The standard InChI is InChI=1S/C13H15NO3S2/c14-11(9-15)8-10-3-5-12(6-4-10)19(16,17)13-2-1-7-18-13/h1-7,11,15H,8-9,14H2/t11-/m0/s1. The van der Waals surface area contributed by atoms with Gasteiger partial charge in [0.25, 0.3) is 0 Å². The van der Waals surface area contributed by atoms with Crippen LogP contribution in [0.1, 0.15) is 5.56 Å². The number of thiophene rings is 1. The van der Waals surface area contributed by atoms with E-state index in [4.69, 9.17) is 10.8 Å². The maximum Gasteiger partial charge on any atom is 0.215 e. The Balaban J connectivity index is 2.24. The number of rotatable bonds is 5. The van der Waals surface area contributed by atoms with Crippen LogP contribution in [0.15, 0.2) is 50.9 Å². The molecular weight excluding hydrogens is 282 g/mol. The highest BCUT2D eigenvalue weighted by Crippen LogP contribution is 2.25. The van der Waals surface area contributed by atoms with Gasteiger partial charge >= 0.3 is 0 Å². The molecule has 4 nitrogen and oxygen atoms in total. The van der Waals surface area contributed by atoms with E-state index in [1.165, 1.54) is 11.3 Å². The molecule has 0 aliphatic carbocycles. The summed E-state index contributed by atoms with van der Waals surface area (Å²) in [7, 11) is -3.41. The van der Waals surface area contributed by atoms with Gasteiger partial charge in [-0.15, -0.1) is 11.3 Å². The fourth-order valence-corrected chi connectivity index (χ4v) is 4.10. The zero-order valence-corrected chi connectivity index (χ0v) is 11.8. The molecule has 1 heterocycles. The summed E-state index contributed by atoms with van der Waals surface area (Å²) in [5.74, 6) is 0. The fourth-order valence-electron chi connectivity index (χ4n) is 1.70. The summed E-state index contributed by atoms with van der Waals surface area (Å²) < 4.78 is 24.8. The van der Waals surface area contributed by atoms with Crippen molar-refractivity contribution < 1.29 is 13.5 Å². The van der Waals surface area contributed by atoms with E-state index in [0.717, 1.165) is 5.56 Å². The van der Waals surface area contributed by atoms with Crippen LogP contribution in [0.2, 0.25) is 0 Å². The Morgan fingerprint density at radius 3 is 2.42 bits per heavy atom. The molecule has 0 saturated carbocycles. The first kappa shape index (κ1) is 14.2. The molecule has 19 heavy (non-hydrogen) atoms. The van der Waals surface area contributed by atoms with Gasteiger partial charge < -0.3 is 10.8 Å². The van der Waals surface area contributed by atoms with Gasteiger partial charge in [0, 0.05) is 6.04 Å². The topological polar surface area (TPSA) is 80.4 Å². The van der Waals surface area contributed by atoms with Crippen LogP contribution in [-0.2, 0) is 16.3 Å². The molecule has 2 aromatic rings. The van der Waals surface area contributed by atoms with Gasteiger partial charge in [-0.25, -0.2) is 8.42 Å². The average Bonchev–Trinajstić information content (AvgIpc) is 2.94. The van der Waals surface area contributed by atoms with Crippen LogP contribution in [0.25, 0.3) is 0 Å². The fraction of sp³-hybridized carbons (Fsp3) is 0.231. The quantitative estimate of drug-likeness (QED) is 0.875. The molecule has 0 radical (unpaired) electrons. The van der Waals surface area contributed by atoms with Crippen molar-refractivity contribution in [2.75, 3.05) is 6.61 Å². The van der Waals surface area contributed by atoms with Crippen LogP contribution in [0.3, 0.4) is 0 Å². The van der Waals surface area contributed by atoms with Crippen LogP contribution in [0.5, 0.6) is 0 Å². The van der Waals surface area contributed by atoms with Crippen molar-refractivity contribution in [2.45, 2.75) is 21.6 Å². The summed E-state index contributed by atoms with van der Waals surface area (Å²) in [5, 5.41) is 10.6. The zero-order valence-electron chi connectivity index (χ0n) is 10.2. The maximum atomic E-state index is 12.2. The second-order valence-corrected chi connectivity index (χ2v) is 7.35. The van der Waals surface area contributed by atoms with Crippen LogP contribution < -0.4 is 5.73 Å². The molecule has 1 atom stereocenters. The van der Waals surface area contributed by atoms with Crippen molar-refractivity contribution in [1.82, 2.24) is 0 Å². The molecule has 3 N–H and O–H groups in total. The van der Waals surface area contributed by atoms with E-state index in [2.05, 4.69) is 0 Å². The Bertz CT molecular complexity index is 618. The third kappa shape index (κ3) is 3.22. The van der Waals surface area contributed by atoms with E-state index in [0.29, 0.717) is 10.6 Å². The van der Waals surface area contributed by atoms with Gasteiger partial charge in [-0.2, -0.15) is 0 Å². The maximum absolute atomic E-state index is 12.2. The van der Waals surface area contributed by atoms with Gasteiger partial charge in [-0.1, -0.05) is 18.2 Å². The summed E-state index contributed by atoms with van der Waals surface area (Å²) in [4.78, 5) is 0.274. The largest absolute Gasteiger partial charge is 0.395 e. The Kier molecular flexibility index (Phi) is 4.36. The van der Waals surface area contributed by atoms with Gasteiger partial charge in [0.1, 0.15) is 4.21 Å². The second-order valence-electron chi connectivity index (χ2n) is 4.23. The lowest BCUT2D eigenvalue weighted by Crippen LogP contribution is -2.26. The lowest BCUT2D eigenvalue weighted by molar-refractivity contribution is 0.265. The molecule has 102 valence electrons. The predicted octanol–water partition coefficient (Wildman–Crippen LogP) is 1.44.